The summed E-state index contributed by atoms with van der Waals surface area (Å²) in [6.45, 7) is 1.36. The first-order valence-corrected chi connectivity index (χ1v) is 8.03. The van der Waals surface area contributed by atoms with E-state index in [4.69, 9.17) is 5.73 Å². The molecule has 3 nitrogen and oxygen atoms in total. The summed E-state index contributed by atoms with van der Waals surface area (Å²) >= 11 is 5.16. The average molecular weight is 331 g/mol. The number of nitrogens with one attached hydrogen (secondary N) is 1. The van der Waals surface area contributed by atoms with Crippen LogP contribution in [0.3, 0.4) is 0 Å². The lowest BCUT2D eigenvalue weighted by Crippen LogP contribution is -2.36. The molecule has 0 aromatic carbocycles. The van der Waals surface area contributed by atoms with E-state index in [1.54, 1.807) is 11.3 Å². The van der Waals surface area contributed by atoms with Crippen molar-refractivity contribution in [2.24, 2.45) is 17.6 Å². The third kappa shape index (κ3) is 3.56. The Hall–Kier alpha value is -0.390. The van der Waals surface area contributed by atoms with Crippen molar-refractivity contribution in [1.82, 2.24) is 5.32 Å². The van der Waals surface area contributed by atoms with Crippen LogP contribution in [0.15, 0.2) is 15.9 Å². The van der Waals surface area contributed by atoms with E-state index in [0.29, 0.717) is 12.5 Å². The first-order valence-electron chi connectivity index (χ1n) is 6.42. The van der Waals surface area contributed by atoms with Gasteiger partial charge in [0.15, 0.2) is 0 Å². The van der Waals surface area contributed by atoms with Gasteiger partial charge < -0.3 is 11.1 Å². The normalized spacial score (nSPS) is 23.2. The number of halogens is 1. The van der Waals surface area contributed by atoms with Gasteiger partial charge in [-0.25, -0.2) is 0 Å². The van der Waals surface area contributed by atoms with Crippen LogP contribution in [0.4, 0.5) is 0 Å². The number of nitrogens with two attached hydrogens (primary N) is 1. The van der Waals surface area contributed by atoms with E-state index < -0.39 is 0 Å². The molecular formula is C13H19BrN2OS. The van der Waals surface area contributed by atoms with E-state index in [9.17, 15) is 4.79 Å². The average Bonchev–Trinajstić information content (AvgIpc) is 2.97. The molecule has 2 rings (SSSR count). The second kappa shape index (κ2) is 6.68. The number of thiophene rings is 1. The van der Waals surface area contributed by atoms with Gasteiger partial charge in [-0.3, -0.25) is 4.79 Å². The van der Waals surface area contributed by atoms with E-state index in [0.717, 1.165) is 36.0 Å². The molecular weight excluding hydrogens is 312 g/mol. The van der Waals surface area contributed by atoms with Crippen LogP contribution in [0.25, 0.3) is 0 Å². The molecule has 1 amide bonds. The van der Waals surface area contributed by atoms with Gasteiger partial charge in [0.2, 0.25) is 5.91 Å². The zero-order chi connectivity index (χ0) is 13.0. The summed E-state index contributed by atoms with van der Waals surface area (Å²) in [6.07, 6.45) is 4.14. The number of amides is 1. The summed E-state index contributed by atoms with van der Waals surface area (Å²) < 4.78 is 1.14. The second-order valence-corrected chi connectivity index (χ2v) is 7.33. The minimum absolute atomic E-state index is 0.144. The minimum Gasteiger partial charge on any atom is -0.355 e. The highest BCUT2D eigenvalue weighted by Crippen LogP contribution is 2.30. The minimum atomic E-state index is 0.144. The Morgan fingerprint density at radius 3 is 3.00 bits per heavy atom. The maximum absolute atomic E-state index is 12.0. The maximum atomic E-state index is 12.0. The SMILES string of the molecule is NC[C@H]1CCC[C@H]1C(=O)NCCc1ccc(Br)s1. The van der Waals surface area contributed by atoms with Gasteiger partial charge in [-0.05, 0) is 59.8 Å². The Morgan fingerprint density at radius 1 is 1.50 bits per heavy atom. The van der Waals surface area contributed by atoms with Crippen molar-refractivity contribution in [3.63, 3.8) is 0 Å². The molecule has 0 spiro atoms. The second-order valence-electron chi connectivity index (χ2n) is 4.78. The highest BCUT2D eigenvalue weighted by molar-refractivity contribution is 9.11. The van der Waals surface area contributed by atoms with Crippen molar-refractivity contribution in [1.29, 1.82) is 0 Å². The zero-order valence-electron chi connectivity index (χ0n) is 10.3. The van der Waals surface area contributed by atoms with Crippen molar-refractivity contribution in [2.45, 2.75) is 25.7 Å². The molecule has 1 saturated carbocycles. The smallest absolute Gasteiger partial charge is 0.223 e. The number of hydrogen-bond donors (Lipinski definition) is 2. The van der Waals surface area contributed by atoms with E-state index in [1.165, 1.54) is 4.88 Å². The fraction of sp³-hybridized carbons (Fsp3) is 0.615. The van der Waals surface area contributed by atoms with E-state index in [2.05, 4.69) is 27.3 Å². The Labute approximate surface area is 120 Å². The molecule has 2 atom stereocenters. The van der Waals surface area contributed by atoms with Crippen LogP contribution >= 0.6 is 27.3 Å². The van der Waals surface area contributed by atoms with Crippen molar-refractivity contribution in [2.75, 3.05) is 13.1 Å². The number of carbonyl (C=O) groups excluding carboxylic acids is 1. The topological polar surface area (TPSA) is 55.1 Å². The molecule has 1 heterocycles. The van der Waals surface area contributed by atoms with Crippen LogP contribution in [0.5, 0.6) is 0 Å². The van der Waals surface area contributed by atoms with Crippen molar-refractivity contribution >= 4 is 33.2 Å². The van der Waals surface area contributed by atoms with Gasteiger partial charge in [0.05, 0.1) is 3.79 Å². The lowest BCUT2D eigenvalue weighted by atomic mass is 9.95. The summed E-state index contributed by atoms with van der Waals surface area (Å²) in [5.74, 6) is 0.726. The predicted molar refractivity (Wildman–Crippen MR) is 78.6 cm³/mol. The summed E-state index contributed by atoms with van der Waals surface area (Å²) in [4.78, 5) is 13.3. The number of rotatable bonds is 5. The largest absolute Gasteiger partial charge is 0.355 e. The summed E-state index contributed by atoms with van der Waals surface area (Å²) in [7, 11) is 0. The van der Waals surface area contributed by atoms with Gasteiger partial charge in [0, 0.05) is 17.3 Å². The molecule has 0 radical (unpaired) electrons. The van der Waals surface area contributed by atoms with Crippen LogP contribution in [-0.2, 0) is 11.2 Å². The van der Waals surface area contributed by atoms with Crippen LogP contribution in [0, 0.1) is 11.8 Å². The number of carbonyl (C=O) groups is 1. The molecule has 5 heteroatoms. The Kier molecular flexibility index (Phi) is 5.21. The highest BCUT2D eigenvalue weighted by atomic mass is 79.9. The van der Waals surface area contributed by atoms with Gasteiger partial charge in [-0.15, -0.1) is 11.3 Å². The lowest BCUT2D eigenvalue weighted by Gasteiger charge is -2.17. The summed E-state index contributed by atoms with van der Waals surface area (Å²) in [5, 5.41) is 3.04. The van der Waals surface area contributed by atoms with E-state index >= 15 is 0 Å². The highest BCUT2D eigenvalue weighted by Gasteiger charge is 2.31. The van der Waals surface area contributed by atoms with Gasteiger partial charge >= 0.3 is 0 Å². The summed E-state index contributed by atoms with van der Waals surface area (Å²) in [6, 6.07) is 4.14. The van der Waals surface area contributed by atoms with Gasteiger partial charge in [0.25, 0.3) is 0 Å². The fourth-order valence-electron chi connectivity index (χ4n) is 2.59. The van der Waals surface area contributed by atoms with Gasteiger partial charge in [-0.2, -0.15) is 0 Å². The maximum Gasteiger partial charge on any atom is 0.223 e. The van der Waals surface area contributed by atoms with Crippen molar-refractivity contribution < 1.29 is 4.79 Å². The van der Waals surface area contributed by atoms with Gasteiger partial charge in [-0.1, -0.05) is 6.42 Å². The van der Waals surface area contributed by atoms with E-state index in [-0.39, 0.29) is 11.8 Å². The Balaban J connectivity index is 1.74. The molecule has 3 N–H and O–H groups in total. The molecule has 1 aromatic heterocycles. The summed E-state index contributed by atoms with van der Waals surface area (Å²) in [5.41, 5.74) is 5.70. The zero-order valence-corrected chi connectivity index (χ0v) is 12.7. The number of hydrogen-bond acceptors (Lipinski definition) is 3. The molecule has 1 aromatic rings. The molecule has 1 aliphatic rings. The van der Waals surface area contributed by atoms with E-state index in [1.807, 2.05) is 6.07 Å². The molecule has 0 bridgehead atoms. The van der Waals surface area contributed by atoms with Crippen LogP contribution in [-0.4, -0.2) is 19.0 Å². The van der Waals surface area contributed by atoms with Crippen LogP contribution in [0.1, 0.15) is 24.1 Å². The fourth-order valence-corrected chi connectivity index (χ4v) is 4.07. The molecule has 0 aliphatic heterocycles. The third-order valence-corrected chi connectivity index (χ3v) is 5.28. The van der Waals surface area contributed by atoms with Crippen molar-refractivity contribution in [3.8, 4) is 0 Å². The van der Waals surface area contributed by atoms with Crippen molar-refractivity contribution in [3.05, 3.63) is 20.8 Å². The molecule has 0 unspecified atom stereocenters. The van der Waals surface area contributed by atoms with Crippen LogP contribution in [0.2, 0.25) is 0 Å². The molecule has 100 valence electrons. The monoisotopic (exact) mass is 330 g/mol. The molecule has 1 fully saturated rings. The quantitative estimate of drug-likeness (QED) is 0.871. The Bertz CT molecular complexity index is 407. The first kappa shape index (κ1) is 14.0. The Morgan fingerprint density at radius 2 is 2.33 bits per heavy atom. The van der Waals surface area contributed by atoms with Gasteiger partial charge in [0.1, 0.15) is 0 Å². The van der Waals surface area contributed by atoms with Crippen LogP contribution < -0.4 is 11.1 Å². The first-order chi connectivity index (χ1) is 8.70. The molecule has 18 heavy (non-hydrogen) atoms. The molecule has 1 aliphatic carbocycles. The standard InChI is InChI=1S/C13H19BrN2OS/c14-12-5-4-10(18-12)6-7-16-13(17)11-3-1-2-9(11)8-15/h4-5,9,11H,1-3,6-8,15H2,(H,16,17)/t9-,11-/m1/s1. The lowest BCUT2D eigenvalue weighted by molar-refractivity contribution is -0.125. The predicted octanol–water partition coefficient (Wildman–Crippen LogP) is 2.54. The third-order valence-electron chi connectivity index (χ3n) is 3.60. The molecule has 0 saturated heterocycles.